The zero-order valence-corrected chi connectivity index (χ0v) is 12.9. The van der Waals surface area contributed by atoms with E-state index >= 15 is 0 Å². The second kappa shape index (κ2) is 6.13. The van der Waals surface area contributed by atoms with E-state index in [1.807, 2.05) is 0 Å². The molecule has 0 spiro atoms. The summed E-state index contributed by atoms with van der Waals surface area (Å²) in [6, 6.07) is 0. The lowest BCUT2D eigenvalue weighted by Gasteiger charge is -2.22. The number of nitrogens with one attached hydrogen (secondary N) is 5. The molecule has 23 heavy (non-hydrogen) atoms. The zero-order valence-electron chi connectivity index (χ0n) is 12.9. The normalized spacial score (nSPS) is 21.0. The molecule has 2 aromatic rings. The number of hydrogen-bond donors (Lipinski definition) is 5. The van der Waals surface area contributed by atoms with Crippen LogP contribution in [-0.2, 0) is 13.0 Å². The molecular formula is C15H21N7O. The van der Waals surface area contributed by atoms with Gasteiger partial charge in [-0.2, -0.15) is 10.2 Å². The van der Waals surface area contributed by atoms with Crippen LogP contribution in [0.3, 0.4) is 0 Å². The minimum atomic E-state index is -0.178. The van der Waals surface area contributed by atoms with Crippen LogP contribution in [0.5, 0.6) is 0 Å². The molecule has 1 fully saturated rings. The molecule has 8 heteroatoms. The third-order valence-electron chi connectivity index (χ3n) is 4.67. The highest BCUT2D eigenvalue weighted by molar-refractivity contribution is 6.03. The zero-order chi connectivity index (χ0) is 15.6. The van der Waals surface area contributed by atoms with Crippen molar-refractivity contribution in [2.75, 3.05) is 25.0 Å². The SMILES string of the molecule is O=C(Nc1n[nH]c2c1CNCC2)c1[nH]ncc1C1CCCNC1. The van der Waals surface area contributed by atoms with Crippen LogP contribution in [0.1, 0.15) is 46.1 Å². The van der Waals surface area contributed by atoms with Gasteiger partial charge in [0, 0.05) is 48.8 Å². The quantitative estimate of drug-likeness (QED) is 0.566. The first kappa shape index (κ1) is 14.4. The second-order valence-corrected chi connectivity index (χ2v) is 6.15. The third kappa shape index (κ3) is 2.75. The van der Waals surface area contributed by atoms with Crippen molar-refractivity contribution < 1.29 is 4.79 Å². The van der Waals surface area contributed by atoms with Crippen LogP contribution in [0.25, 0.3) is 0 Å². The first-order valence-corrected chi connectivity index (χ1v) is 8.15. The predicted octanol–water partition coefficient (Wildman–Crippen LogP) is 0.498. The fourth-order valence-electron chi connectivity index (χ4n) is 3.40. The molecule has 2 aliphatic rings. The van der Waals surface area contributed by atoms with E-state index in [9.17, 15) is 4.79 Å². The molecule has 2 aromatic heterocycles. The van der Waals surface area contributed by atoms with Crippen LogP contribution < -0.4 is 16.0 Å². The highest BCUT2D eigenvalue weighted by atomic mass is 16.2. The Hall–Kier alpha value is -2.19. The lowest BCUT2D eigenvalue weighted by molar-refractivity contribution is 0.102. The number of aromatic amines is 2. The molecule has 2 aliphatic heterocycles. The molecule has 1 saturated heterocycles. The topological polar surface area (TPSA) is 111 Å². The highest BCUT2D eigenvalue weighted by Crippen LogP contribution is 2.26. The van der Waals surface area contributed by atoms with Gasteiger partial charge >= 0.3 is 0 Å². The average Bonchev–Trinajstić information content (AvgIpc) is 3.23. The Morgan fingerprint density at radius 1 is 1.26 bits per heavy atom. The first-order chi connectivity index (χ1) is 11.3. The fourth-order valence-corrected chi connectivity index (χ4v) is 3.40. The van der Waals surface area contributed by atoms with Crippen molar-refractivity contribution in [3.05, 3.63) is 28.7 Å². The highest BCUT2D eigenvalue weighted by Gasteiger charge is 2.25. The maximum Gasteiger partial charge on any atom is 0.275 e. The van der Waals surface area contributed by atoms with Crippen LogP contribution in [0, 0.1) is 0 Å². The van der Waals surface area contributed by atoms with Crippen LogP contribution in [-0.4, -0.2) is 45.9 Å². The molecular weight excluding hydrogens is 294 g/mol. The van der Waals surface area contributed by atoms with Gasteiger partial charge in [-0.25, -0.2) is 0 Å². The van der Waals surface area contributed by atoms with Gasteiger partial charge in [-0.15, -0.1) is 0 Å². The van der Waals surface area contributed by atoms with Crippen molar-refractivity contribution in [3.63, 3.8) is 0 Å². The van der Waals surface area contributed by atoms with Crippen molar-refractivity contribution in [1.29, 1.82) is 0 Å². The van der Waals surface area contributed by atoms with Gasteiger partial charge in [-0.05, 0) is 19.4 Å². The molecule has 0 radical (unpaired) electrons. The number of anilines is 1. The number of rotatable bonds is 3. The summed E-state index contributed by atoms with van der Waals surface area (Å²) in [5.41, 5.74) is 3.67. The Morgan fingerprint density at radius 3 is 3.09 bits per heavy atom. The summed E-state index contributed by atoms with van der Waals surface area (Å²) in [6.45, 7) is 3.59. The summed E-state index contributed by atoms with van der Waals surface area (Å²) in [7, 11) is 0. The molecule has 4 heterocycles. The Morgan fingerprint density at radius 2 is 2.22 bits per heavy atom. The van der Waals surface area contributed by atoms with Gasteiger partial charge in [0.25, 0.3) is 5.91 Å². The van der Waals surface area contributed by atoms with E-state index in [0.29, 0.717) is 17.4 Å². The van der Waals surface area contributed by atoms with Crippen molar-refractivity contribution in [3.8, 4) is 0 Å². The molecule has 1 unspecified atom stereocenters. The predicted molar refractivity (Wildman–Crippen MR) is 85.4 cm³/mol. The number of amides is 1. The van der Waals surface area contributed by atoms with Gasteiger partial charge in [0.15, 0.2) is 5.82 Å². The Labute approximate surface area is 133 Å². The smallest absolute Gasteiger partial charge is 0.275 e. The van der Waals surface area contributed by atoms with Gasteiger partial charge < -0.3 is 16.0 Å². The summed E-state index contributed by atoms with van der Waals surface area (Å²) >= 11 is 0. The maximum atomic E-state index is 12.6. The molecule has 0 aromatic carbocycles. The van der Waals surface area contributed by atoms with Crippen LogP contribution >= 0.6 is 0 Å². The van der Waals surface area contributed by atoms with E-state index < -0.39 is 0 Å². The molecule has 5 N–H and O–H groups in total. The lowest BCUT2D eigenvalue weighted by Crippen LogP contribution is -2.29. The van der Waals surface area contributed by atoms with Crippen molar-refractivity contribution >= 4 is 11.7 Å². The summed E-state index contributed by atoms with van der Waals surface area (Å²) in [4.78, 5) is 12.6. The number of fused-ring (bicyclic) bond motifs is 1. The minimum Gasteiger partial charge on any atom is -0.316 e. The third-order valence-corrected chi connectivity index (χ3v) is 4.67. The Bertz CT molecular complexity index is 698. The van der Waals surface area contributed by atoms with E-state index in [0.717, 1.165) is 62.3 Å². The van der Waals surface area contributed by atoms with Gasteiger partial charge in [0.2, 0.25) is 0 Å². The van der Waals surface area contributed by atoms with E-state index in [1.165, 1.54) is 0 Å². The second-order valence-electron chi connectivity index (χ2n) is 6.15. The summed E-state index contributed by atoms with van der Waals surface area (Å²) in [6.07, 6.45) is 4.87. The Kier molecular flexibility index (Phi) is 3.84. The summed E-state index contributed by atoms with van der Waals surface area (Å²) in [5.74, 6) is 0.764. The monoisotopic (exact) mass is 315 g/mol. The number of carbonyl (C=O) groups is 1. The molecule has 0 bridgehead atoms. The molecule has 4 rings (SSSR count). The number of piperidine rings is 1. The lowest BCUT2D eigenvalue weighted by atomic mass is 9.92. The largest absolute Gasteiger partial charge is 0.316 e. The Balaban J connectivity index is 1.53. The van der Waals surface area contributed by atoms with Gasteiger partial charge in [-0.1, -0.05) is 0 Å². The van der Waals surface area contributed by atoms with Gasteiger partial charge in [0.1, 0.15) is 5.69 Å². The van der Waals surface area contributed by atoms with E-state index in [2.05, 4.69) is 36.3 Å². The molecule has 1 amide bonds. The van der Waals surface area contributed by atoms with Crippen LogP contribution in [0.2, 0.25) is 0 Å². The molecule has 8 nitrogen and oxygen atoms in total. The first-order valence-electron chi connectivity index (χ1n) is 8.15. The number of hydrogen-bond acceptors (Lipinski definition) is 5. The van der Waals surface area contributed by atoms with Crippen LogP contribution in [0.15, 0.2) is 6.20 Å². The van der Waals surface area contributed by atoms with E-state index in [1.54, 1.807) is 6.20 Å². The fraction of sp³-hybridized carbons (Fsp3) is 0.533. The maximum absolute atomic E-state index is 12.6. The van der Waals surface area contributed by atoms with E-state index in [-0.39, 0.29) is 5.91 Å². The number of H-pyrrole nitrogens is 2. The average molecular weight is 315 g/mol. The van der Waals surface area contributed by atoms with Crippen molar-refractivity contribution in [1.82, 2.24) is 31.0 Å². The van der Waals surface area contributed by atoms with Crippen molar-refractivity contribution in [2.24, 2.45) is 0 Å². The standard InChI is InChI=1S/C15H21N7O/c23-15(19-14-11-7-17-5-3-12(11)20-22-14)13-10(8-18-21-13)9-2-1-4-16-6-9/h8-9,16-17H,1-7H2,(H,18,21)(H2,19,20,22,23). The molecule has 0 saturated carbocycles. The summed E-state index contributed by atoms with van der Waals surface area (Å²) < 4.78 is 0. The van der Waals surface area contributed by atoms with Gasteiger partial charge in [-0.3, -0.25) is 15.0 Å². The minimum absolute atomic E-state index is 0.178. The number of nitrogens with zero attached hydrogens (tertiary/aromatic N) is 2. The molecule has 0 aliphatic carbocycles. The van der Waals surface area contributed by atoms with E-state index in [4.69, 9.17) is 0 Å². The number of aromatic nitrogens is 4. The van der Waals surface area contributed by atoms with Crippen molar-refractivity contribution in [2.45, 2.75) is 31.7 Å². The summed E-state index contributed by atoms with van der Waals surface area (Å²) in [5, 5.41) is 23.8. The van der Waals surface area contributed by atoms with Crippen LogP contribution in [0.4, 0.5) is 5.82 Å². The molecule has 1 atom stereocenters. The molecule has 122 valence electrons. The number of carbonyl (C=O) groups excluding carboxylic acids is 1. The van der Waals surface area contributed by atoms with Gasteiger partial charge in [0.05, 0.1) is 6.20 Å².